The van der Waals surface area contributed by atoms with Crippen molar-refractivity contribution in [2.75, 3.05) is 5.73 Å². The van der Waals surface area contributed by atoms with Gasteiger partial charge in [-0.15, -0.1) is 0 Å². The highest BCUT2D eigenvalue weighted by molar-refractivity contribution is 5.98. The molecule has 0 aliphatic rings. The Balaban J connectivity index is 1.53. The Morgan fingerprint density at radius 1 is 1.03 bits per heavy atom. The van der Waals surface area contributed by atoms with Crippen molar-refractivity contribution in [2.45, 2.75) is 33.2 Å². The van der Waals surface area contributed by atoms with Crippen LogP contribution in [0.3, 0.4) is 0 Å². The molecule has 0 saturated heterocycles. The molecule has 0 spiro atoms. The lowest BCUT2D eigenvalue weighted by atomic mass is 9.99. The summed E-state index contributed by atoms with van der Waals surface area (Å²) < 4.78 is 5.92. The van der Waals surface area contributed by atoms with Crippen molar-refractivity contribution in [3.63, 3.8) is 0 Å². The van der Waals surface area contributed by atoms with E-state index in [9.17, 15) is 4.79 Å². The van der Waals surface area contributed by atoms with Crippen molar-refractivity contribution in [3.8, 4) is 11.5 Å². The van der Waals surface area contributed by atoms with Gasteiger partial charge < -0.3 is 15.8 Å². The zero-order valence-corrected chi connectivity index (χ0v) is 16.9. The lowest BCUT2D eigenvalue weighted by molar-refractivity contribution is 0.0951. The van der Waals surface area contributed by atoms with E-state index >= 15 is 0 Å². The molecule has 1 aromatic heterocycles. The number of nitrogen functional groups attached to an aromatic ring is 1. The lowest BCUT2D eigenvalue weighted by Crippen LogP contribution is -2.24. The molecule has 1 unspecified atom stereocenters. The minimum atomic E-state index is -0.242. The van der Waals surface area contributed by atoms with Crippen LogP contribution in [-0.4, -0.2) is 10.9 Å². The van der Waals surface area contributed by atoms with Gasteiger partial charge in [0.25, 0.3) is 5.91 Å². The van der Waals surface area contributed by atoms with E-state index in [1.54, 1.807) is 18.3 Å². The molecule has 0 saturated carbocycles. The van der Waals surface area contributed by atoms with E-state index in [4.69, 9.17) is 10.5 Å². The molecule has 0 radical (unpaired) electrons. The Kier molecular flexibility index (Phi) is 6.85. The topological polar surface area (TPSA) is 77.2 Å². The largest absolute Gasteiger partial charge is 0.457 e. The van der Waals surface area contributed by atoms with E-state index in [1.807, 2.05) is 36.4 Å². The van der Waals surface area contributed by atoms with Gasteiger partial charge in [0.2, 0.25) is 0 Å². The number of nitrogens with one attached hydrogen (secondary N) is 1. The highest BCUT2D eigenvalue weighted by Gasteiger charge is 2.09. The summed E-state index contributed by atoms with van der Waals surface area (Å²) in [6.07, 6.45) is 3.83. The molecule has 0 aliphatic carbocycles. The third-order valence-electron chi connectivity index (χ3n) is 4.90. The van der Waals surface area contributed by atoms with E-state index in [0.29, 0.717) is 18.0 Å². The molecular formula is C24H27N3O2. The molecule has 1 heterocycles. The second-order valence-corrected chi connectivity index (χ2v) is 7.23. The molecule has 5 nitrogen and oxygen atoms in total. The Morgan fingerprint density at radius 3 is 2.24 bits per heavy atom. The van der Waals surface area contributed by atoms with Crippen molar-refractivity contribution in [2.24, 2.45) is 5.92 Å². The predicted molar refractivity (Wildman–Crippen MR) is 116 cm³/mol. The molecule has 0 fully saturated rings. The van der Waals surface area contributed by atoms with Crippen LogP contribution in [0.2, 0.25) is 0 Å². The first kappa shape index (κ1) is 20.4. The predicted octanol–water partition coefficient (Wildman–Crippen LogP) is 4.97. The van der Waals surface area contributed by atoms with Crippen LogP contribution in [-0.2, 0) is 13.0 Å². The monoisotopic (exact) mass is 389 g/mol. The first-order valence-electron chi connectivity index (χ1n) is 9.89. The SMILES string of the molecule is CCC(C)Cc1ccc(Oc2ccc(CNC(=O)c3cccnc3N)cc2)cc1. The van der Waals surface area contributed by atoms with Crippen LogP contribution in [0.15, 0.2) is 66.9 Å². The molecular weight excluding hydrogens is 362 g/mol. The van der Waals surface area contributed by atoms with Crippen LogP contribution in [0.25, 0.3) is 0 Å². The Bertz CT molecular complexity index is 937. The zero-order chi connectivity index (χ0) is 20.6. The number of anilines is 1. The number of carbonyl (C=O) groups is 1. The van der Waals surface area contributed by atoms with E-state index < -0.39 is 0 Å². The van der Waals surface area contributed by atoms with Gasteiger partial charge >= 0.3 is 0 Å². The number of nitrogens with two attached hydrogens (primary N) is 1. The standard InChI is InChI=1S/C24H27N3O2/c1-3-17(2)15-18-6-10-20(11-7-18)29-21-12-8-19(9-13-21)16-27-24(28)22-5-4-14-26-23(22)25/h4-14,17H,3,15-16H2,1-2H3,(H2,25,26)(H,27,28). The summed E-state index contributed by atoms with van der Waals surface area (Å²) >= 11 is 0. The molecule has 1 atom stereocenters. The van der Waals surface area contributed by atoms with Crippen LogP contribution in [0, 0.1) is 5.92 Å². The highest BCUT2D eigenvalue weighted by Crippen LogP contribution is 2.23. The average molecular weight is 389 g/mol. The number of ether oxygens (including phenoxy) is 1. The van der Waals surface area contributed by atoms with Gasteiger partial charge in [-0.25, -0.2) is 4.98 Å². The van der Waals surface area contributed by atoms with E-state index in [0.717, 1.165) is 23.5 Å². The zero-order valence-electron chi connectivity index (χ0n) is 16.9. The van der Waals surface area contributed by atoms with E-state index in [-0.39, 0.29) is 11.7 Å². The second-order valence-electron chi connectivity index (χ2n) is 7.23. The van der Waals surface area contributed by atoms with Crippen molar-refractivity contribution in [1.82, 2.24) is 10.3 Å². The maximum atomic E-state index is 12.2. The van der Waals surface area contributed by atoms with Crippen molar-refractivity contribution < 1.29 is 9.53 Å². The van der Waals surface area contributed by atoms with Gasteiger partial charge in [-0.2, -0.15) is 0 Å². The van der Waals surface area contributed by atoms with Crippen LogP contribution >= 0.6 is 0 Å². The van der Waals surface area contributed by atoms with Gasteiger partial charge in [0.1, 0.15) is 17.3 Å². The van der Waals surface area contributed by atoms with E-state index in [1.165, 1.54) is 12.0 Å². The molecule has 3 rings (SSSR count). The molecule has 29 heavy (non-hydrogen) atoms. The number of nitrogens with zero attached hydrogens (tertiary/aromatic N) is 1. The number of aromatic nitrogens is 1. The summed E-state index contributed by atoms with van der Waals surface area (Å²) in [7, 11) is 0. The smallest absolute Gasteiger partial charge is 0.255 e. The van der Waals surface area contributed by atoms with Gasteiger partial charge in [0, 0.05) is 12.7 Å². The maximum absolute atomic E-state index is 12.2. The molecule has 5 heteroatoms. The first-order chi connectivity index (χ1) is 14.0. The van der Waals surface area contributed by atoms with E-state index in [2.05, 4.69) is 36.3 Å². The third-order valence-corrected chi connectivity index (χ3v) is 4.90. The number of amides is 1. The molecule has 2 aromatic carbocycles. The van der Waals surface area contributed by atoms with Gasteiger partial charge in [-0.05, 0) is 59.9 Å². The van der Waals surface area contributed by atoms with Crippen LogP contribution in [0.5, 0.6) is 11.5 Å². The summed E-state index contributed by atoms with van der Waals surface area (Å²) in [5.74, 6) is 2.24. The quantitative estimate of drug-likeness (QED) is 0.570. The van der Waals surface area contributed by atoms with Crippen molar-refractivity contribution in [1.29, 1.82) is 0 Å². The van der Waals surface area contributed by atoms with Gasteiger partial charge in [0.05, 0.1) is 5.56 Å². The lowest BCUT2D eigenvalue weighted by Gasteiger charge is -2.11. The molecule has 150 valence electrons. The average Bonchev–Trinajstić information content (AvgIpc) is 2.74. The highest BCUT2D eigenvalue weighted by atomic mass is 16.5. The summed E-state index contributed by atoms with van der Waals surface area (Å²) in [6.45, 7) is 4.88. The summed E-state index contributed by atoms with van der Waals surface area (Å²) in [5, 5.41) is 2.85. The third kappa shape index (κ3) is 5.82. The second kappa shape index (κ2) is 9.73. The number of pyridine rings is 1. The van der Waals surface area contributed by atoms with Gasteiger partial charge in [0.15, 0.2) is 0 Å². The fraction of sp³-hybridized carbons (Fsp3) is 0.250. The first-order valence-corrected chi connectivity index (χ1v) is 9.89. The van der Waals surface area contributed by atoms with Crippen molar-refractivity contribution in [3.05, 3.63) is 83.6 Å². The minimum Gasteiger partial charge on any atom is -0.457 e. The maximum Gasteiger partial charge on any atom is 0.255 e. The Morgan fingerprint density at radius 2 is 1.66 bits per heavy atom. The number of rotatable bonds is 8. The number of hydrogen-bond donors (Lipinski definition) is 2. The fourth-order valence-electron chi connectivity index (χ4n) is 2.94. The Hall–Kier alpha value is -3.34. The molecule has 3 aromatic rings. The summed E-state index contributed by atoms with van der Waals surface area (Å²) in [4.78, 5) is 16.1. The molecule has 3 N–H and O–H groups in total. The molecule has 1 amide bonds. The summed E-state index contributed by atoms with van der Waals surface area (Å²) in [6, 6.07) is 19.2. The number of carbonyl (C=O) groups excluding carboxylic acids is 1. The minimum absolute atomic E-state index is 0.226. The van der Waals surface area contributed by atoms with Crippen LogP contribution in [0.4, 0.5) is 5.82 Å². The van der Waals surface area contributed by atoms with Crippen molar-refractivity contribution >= 4 is 11.7 Å². The molecule has 0 aliphatic heterocycles. The van der Waals surface area contributed by atoms with Gasteiger partial charge in [-0.1, -0.05) is 44.5 Å². The van der Waals surface area contributed by atoms with Crippen LogP contribution < -0.4 is 15.8 Å². The number of hydrogen-bond acceptors (Lipinski definition) is 4. The normalized spacial score (nSPS) is 11.7. The molecule has 0 bridgehead atoms. The fourth-order valence-corrected chi connectivity index (χ4v) is 2.94. The van der Waals surface area contributed by atoms with Gasteiger partial charge in [-0.3, -0.25) is 4.79 Å². The number of benzene rings is 2. The summed E-state index contributed by atoms with van der Waals surface area (Å²) in [5.41, 5.74) is 8.41. The Labute approximate surface area is 171 Å². The van der Waals surface area contributed by atoms with Crippen LogP contribution in [0.1, 0.15) is 41.8 Å².